The molecule has 0 unspecified atom stereocenters. The van der Waals surface area contributed by atoms with Gasteiger partial charge in [0.15, 0.2) is 0 Å². The van der Waals surface area contributed by atoms with E-state index in [4.69, 9.17) is 57.5 Å². The average Bonchev–Trinajstić information content (AvgIpc) is 2.54. The Labute approximate surface area is 171 Å². The van der Waals surface area contributed by atoms with Gasteiger partial charge in [-0.15, -0.1) is 0 Å². The van der Waals surface area contributed by atoms with Crippen molar-refractivity contribution in [3.05, 3.63) is 48.0 Å². The highest BCUT2D eigenvalue weighted by atomic mass is 32.2. The van der Waals surface area contributed by atoms with Crippen molar-refractivity contribution in [2.45, 2.75) is 20.3 Å². The zero-order chi connectivity index (χ0) is 20.4. The van der Waals surface area contributed by atoms with Gasteiger partial charge in [-0.3, -0.25) is 4.79 Å². The summed E-state index contributed by atoms with van der Waals surface area (Å²) in [6.07, 6.45) is 0. The van der Waals surface area contributed by atoms with Crippen molar-refractivity contribution in [1.82, 2.24) is 4.90 Å². The lowest BCUT2D eigenvalue weighted by atomic mass is 9.40. The van der Waals surface area contributed by atoms with E-state index in [1.807, 2.05) is 12.1 Å². The summed E-state index contributed by atoms with van der Waals surface area (Å²) in [7, 11) is 35.4. The first-order chi connectivity index (χ1) is 12.4. The summed E-state index contributed by atoms with van der Waals surface area (Å²) < 4.78 is 5.19. The Morgan fingerprint density at radius 2 is 1.59 bits per heavy atom. The van der Waals surface area contributed by atoms with E-state index in [1.54, 1.807) is 24.3 Å². The van der Waals surface area contributed by atoms with Gasteiger partial charge in [-0.25, -0.2) is 0 Å². The van der Waals surface area contributed by atoms with Crippen molar-refractivity contribution in [2.24, 2.45) is 0 Å². The number of hydrogen-bond donors (Lipinski definition) is 1. The SMILES string of the molecule is [B]C([B])([B])N(C(=O)c1cc(OC)ccc1Sc1ccccc1N)C([B])([B])[B]. The topological polar surface area (TPSA) is 55.6 Å². The number of anilines is 1. The summed E-state index contributed by atoms with van der Waals surface area (Å²) in [6, 6.07) is 12.0. The first-order valence-electron chi connectivity index (χ1n) is 7.73. The number of carbonyl (C=O) groups excluding carboxylic acids is 1. The van der Waals surface area contributed by atoms with E-state index in [9.17, 15) is 4.79 Å². The molecule has 0 aromatic heterocycles. The lowest BCUT2D eigenvalue weighted by molar-refractivity contribution is 0.0740. The number of ether oxygens (including phenoxy) is 1. The fraction of sp³-hybridized carbons (Fsp3) is 0.188. The fourth-order valence-corrected chi connectivity index (χ4v) is 3.35. The fourth-order valence-electron chi connectivity index (χ4n) is 2.39. The van der Waals surface area contributed by atoms with Crippen LogP contribution in [0.3, 0.4) is 0 Å². The molecule has 2 rings (SSSR count). The predicted molar refractivity (Wildman–Crippen MR) is 114 cm³/mol. The molecule has 1 amide bonds. The van der Waals surface area contributed by atoms with Crippen LogP contribution in [0.15, 0.2) is 52.3 Å². The quantitative estimate of drug-likeness (QED) is 0.586. The molecule has 2 N–H and O–H groups in total. The first kappa shape index (κ1) is 21.5. The number of methoxy groups -OCH3 is 1. The Bertz CT molecular complexity index is 824. The van der Waals surface area contributed by atoms with E-state index in [0.29, 0.717) is 21.2 Å². The number of hydrogen-bond acceptors (Lipinski definition) is 4. The van der Waals surface area contributed by atoms with Crippen LogP contribution in [0, 0.1) is 0 Å². The van der Waals surface area contributed by atoms with E-state index in [1.165, 1.54) is 24.9 Å². The molecule has 4 nitrogen and oxygen atoms in total. The summed E-state index contributed by atoms with van der Waals surface area (Å²) in [5.74, 6) is -0.358. The largest absolute Gasteiger partial charge is 0.497 e. The highest BCUT2D eigenvalue weighted by Gasteiger charge is 2.34. The average molecular weight is 361 g/mol. The molecule has 11 heteroatoms. The summed E-state index contributed by atoms with van der Waals surface area (Å²) in [6.45, 7) is 0. The van der Waals surface area contributed by atoms with Crippen molar-refractivity contribution in [1.29, 1.82) is 0 Å². The number of benzene rings is 2. The molecule has 0 aliphatic heterocycles. The number of amides is 1. The van der Waals surface area contributed by atoms with Gasteiger partial charge in [-0.05, 0) is 30.3 Å². The van der Waals surface area contributed by atoms with E-state index in [-0.39, 0.29) is 5.56 Å². The van der Waals surface area contributed by atoms with Crippen molar-refractivity contribution in [3.63, 3.8) is 0 Å². The van der Waals surface area contributed by atoms with Gasteiger partial charge < -0.3 is 15.4 Å². The number of para-hydroxylation sites is 1. The second kappa shape index (κ2) is 8.09. The molecule has 0 bridgehead atoms. The number of carbonyl (C=O) groups is 1. The summed E-state index contributed by atoms with van der Waals surface area (Å²) in [5, 5.41) is -4.40. The molecule has 0 saturated carbocycles. The Balaban J connectivity index is 2.56. The van der Waals surface area contributed by atoms with Crippen LogP contribution in [0.1, 0.15) is 10.4 Å². The maximum absolute atomic E-state index is 13.1. The van der Waals surface area contributed by atoms with Gasteiger partial charge in [0.2, 0.25) is 0 Å². The number of rotatable bonds is 6. The zero-order valence-electron chi connectivity index (χ0n) is 14.8. The van der Waals surface area contributed by atoms with Crippen molar-refractivity contribution in [2.75, 3.05) is 12.8 Å². The van der Waals surface area contributed by atoms with Gasteiger partial charge in [-0.1, -0.05) is 34.4 Å². The first-order valence-corrected chi connectivity index (χ1v) is 8.55. The van der Waals surface area contributed by atoms with E-state index in [0.717, 1.165) is 4.90 Å². The molecule has 0 atom stereocenters. The third kappa shape index (κ3) is 5.16. The second-order valence-electron chi connectivity index (χ2n) is 5.92. The van der Waals surface area contributed by atoms with Crippen LogP contribution in [0.25, 0.3) is 0 Å². The van der Waals surface area contributed by atoms with Crippen LogP contribution in [0.5, 0.6) is 5.75 Å². The van der Waals surface area contributed by atoms with Gasteiger partial charge in [0.25, 0.3) is 5.91 Å². The number of nitrogens with zero attached hydrogens (tertiary/aromatic N) is 1. The number of nitrogens with two attached hydrogens (primary N) is 1. The smallest absolute Gasteiger partial charge is 0.251 e. The molecule has 2 aromatic carbocycles. The zero-order valence-corrected chi connectivity index (χ0v) is 15.6. The Hall–Kier alpha value is -1.75. The third-order valence-corrected chi connectivity index (χ3v) is 4.70. The maximum atomic E-state index is 13.1. The van der Waals surface area contributed by atoms with Gasteiger partial charge >= 0.3 is 0 Å². The van der Waals surface area contributed by atoms with E-state index < -0.39 is 16.4 Å². The minimum atomic E-state index is -2.20. The monoisotopic (exact) mass is 362 g/mol. The van der Waals surface area contributed by atoms with Crippen LogP contribution >= 0.6 is 11.8 Å². The van der Waals surface area contributed by atoms with Gasteiger partial charge in [-0.2, -0.15) is 0 Å². The van der Waals surface area contributed by atoms with Gasteiger partial charge in [0.1, 0.15) is 5.75 Å². The van der Waals surface area contributed by atoms with Crippen LogP contribution in [-0.4, -0.2) is 75.5 Å². The van der Waals surface area contributed by atoms with Crippen molar-refractivity contribution in [3.8, 4) is 5.75 Å². The number of nitrogen functional groups attached to an aromatic ring is 1. The molecule has 2 aromatic rings. The second-order valence-corrected chi connectivity index (χ2v) is 7.00. The lowest BCUT2D eigenvalue weighted by Crippen LogP contribution is -2.65. The molecular weight excluding hydrogens is 349 g/mol. The summed E-state index contributed by atoms with van der Waals surface area (Å²) >= 11 is 1.25. The molecule has 0 fully saturated rings. The summed E-state index contributed by atoms with van der Waals surface area (Å²) in [5.41, 5.74) is 6.67. The minimum Gasteiger partial charge on any atom is -0.497 e. The molecule has 27 heavy (non-hydrogen) atoms. The normalized spacial score (nSPS) is 11.7. The van der Waals surface area contributed by atoms with Crippen molar-refractivity contribution >= 4 is 70.4 Å². The van der Waals surface area contributed by atoms with Crippen LogP contribution in [-0.2, 0) is 0 Å². The molecule has 12 radical (unpaired) electrons. The summed E-state index contributed by atoms with van der Waals surface area (Å²) in [4.78, 5) is 15.0. The molecule has 0 aliphatic carbocycles. The molecule has 122 valence electrons. The minimum absolute atomic E-state index is 0.138. The maximum Gasteiger partial charge on any atom is 0.251 e. The van der Waals surface area contributed by atoms with Gasteiger partial charge in [0.05, 0.1) is 59.8 Å². The Morgan fingerprint density at radius 1 is 1.00 bits per heavy atom. The van der Waals surface area contributed by atoms with Crippen LogP contribution in [0.4, 0.5) is 5.69 Å². The highest BCUT2D eigenvalue weighted by molar-refractivity contribution is 7.99. The molecular formula is C16H12B6N2O2S. The highest BCUT2D eigenvalue weighted by Crippen LogP contribution is 2.36. The van der Waals surface area contributed by atoms with E-state index in [2.05, 4.69) is 0 Å². The standard InChI is InChI=1S/C16H12B6N2O2S/c1-26-9-6-7-12(27-13-5-3-2-4-11(13)23)10(8-9)14(25)24(15(17,18)19)16(20,21)22/h2-8H,23H2,1H3. The third-order valence-electron chi connectivity index (χ3n) is 3.53. The Kier molecular flexibility index (Phi) is 6.46. The van der Waals surface area contributed by atoms with Crippen molar-refractivity contribution < 1.29 is 9.53 Å². The molecule has 0 aliphatic rings. The molecule has 0 saturated heterocycles. The lowest BCUT2D eigenvalue weighted by Gasteiger charge is -2.49. The van der Waals surface area contributed by atoms with Crippen LogP contribution in [0.2, 0.25) is 0 Å². The Morgan fingerprint density at radius 3 is 2.11 bits per heavy atom. The van der Waals surface area contributed by atoms with Gasteiger partial charge in [0, 0.05) is 15.5 Å². The van der Waals surface area contributed by atoms with Crippen LogP contribution < -0.4 is 10.5 Å². The predicted octanol–water partition coefficient (Wildman–Crippen LogP) is 0.104. The van der Waals surface area contributed by atoms with E-state index >= 15 is 0 Å². The molecule has 0 spiro atoms. The molecule has 0 heterocycles.